The Morgan fingerprint density at radius 3 is 2.83 bits per heavy atom. The molecule has 0 N–H and O–H groups in total. The zero-order valence-corrected chi connectivity index (χ0v) is 14.3. The summed E-state index contributed by atoms with van der Waals surface area (Å²) < 4.78 is 0. The van der Waals surface area contributed by atoms with Gasteiger partial charge in [-0.15, -0.1) is 12.4 Å². The van der Waals surface area contributed by atoms with Gasteiger partial charge in [0.25, 0.3) is 5.91 Å². The molecule has 2 heterocycles. The fourth-order valence-electron chi connectivity index (χ4n) is 2.29. The van der Waals surface area contributed by atoms with Crippen molar-refractivity contribution in [3.8, 4) is 0 Å². The van der Waals surface area contributed by atoms with Crippen LogP contribution >= 0.6 is 24.2 Å². The molecule has 0 saturated heterocycles. The van der Waals surface area contributed by atoms with E-state index in [0.717, 1.165) is 17.7 Å². The van der Waals surface area contributed by atoms with Gasteiger partial charge in [0.05, 0.1) is 11.8 Å². The van der Waals surface area contributed by atoms with Gasteiger partial charge in [-0.3, -0.25) is 4.79 Å². The Morgan fingerprint density at radius 2 is 2.09 bits per heavy atom. The van der Waals surface area contributed by atoms with Gasteiger partial charge in [0.1, 0.15) is 0 Å². The predicted molar refractivity (Wildman–Crippen MR) is 93.9 cm³/mol. The van der Waals surface area contributed by atoms with Crippen LogP contribution in [-0.4, -0.2) is 32.9 Å². The third-order valence-electron chi connectivity index (χ3n) is 3.37. The van der Waals surface area contributed by atoms with Gasteiger partial charge >= 0.3 is 0 Å². The quantitative estimate of drug-likeness (QED) is 0.628. The van der Waals surface area contributed by atoms with Crippen LogP contribution in [0.5, 0.6) is 0 Å². The number of hydrazone groups is 1. The van der Waals surface area contributed by atoms with Crippen molar-refractivity contribution in [1.29, 1.82) is 0 Å². The maximum absolute atomic E-state index is 12.4. The monoisotopic (exact) mass is 348 g/mol. The highest BCUT2D eigenvalue weighted by Gasteiger charge is 2.27. The summed E-state index contributed by atoms with van der Waals surface area (Å²) in [4.78, 5) is 20.9. The van der Waals surface area contributed by atoms with Crippen LogP contribution in [-0.2, 0) is 4.79 Å². The number of rotatable bonds is 4. The number of carbonyl (C=O) groups is 1. The van der Waals surface area contributed by atoms with E-state index in [4.69, 9.17) is 0 Å². The lowest BCUT2D eigenvalue weighted by Crippen LogP contribution is -2.28. The minimum absolute atomic E-state index is 0. The number of thioether (sulfide) groups is 1. The molecule has 5 nitrogen and oxygen atoms in total. The van der Waals surface area contributed by atoms with Crippen molar-refractivity contribution in [3.05, 3.63) is 53.9 Å². The highest BCUT2D eigenvalue weighted by molar-refractivity contribution is 7.99. The number of benzene rings is 1. The van der Waals surface area contributed by atoms with Gasteiger partial charge in [-0.2, -0.15) is 5.10 Å². The Morgan fingerprint density at radius 1 is 1.30 bits per heavy atom. The Labute approximate surface area is 145 Å². The van der Waals surface area contributed by atoms with Crippen molar-refractivity contribution in [2.24, 2.45) is 5.10 Å². The zero-order chi connectivity index (χ0) is 15.4. The van der Waals surface area contributed by atoms with E-state index in [2.05, 4.69) is 15.1 Å². The van der Waals surface area contributed by atoms with Crippen LogP contribution in [0.15, 0.2) is 52.9 Å². The molecule has 0 radical (unpaired) electrons. The molecular formula is C16H17ClN4OS. The molecule has 2 aromatic rings. The highest BCUT2D eigenvalue weighted by atomic mass is 35.5. The molecule has 7 heteroatoms. The molecule has 0 aliphatic carbocycles. The average Bonchev–Trinajstić information content (AvgIpc) is 3.03. The summed E-state index contributed by atoms with van der Waals surface area (Å²) >= 11 is 1.34. The molecule has 120 valence electrons. The first kappa shape index (κ1) is 17.4. The SMILES string of the molecule is Cc1ccnc(SCC(=O)N2N=CCC2c2ccccc2)n1.Cl. The average molecular weight is 349 g/mol. The minimum atomic E-state index is -0.0299. The van der Waals surface area contributed by atoms with Gasteiger partial charge in [0.15, 0.2) is 5.16 Å². The largest absolute Gasteiger partial charge is 0.272 e. The fourth-order valence-corrected chi connectivity index (χ4v) is 3.02. The molecule has 1 amide bonds. The highest BCUT2D eigenvalue weighted by Crippen LogP contribution is 2.28. The van der Waals surface area contributed by atoms with Crippen molar-refractivity contribution in [2.75, 3.05) is 5.75 Å². The Kier molecular flexibility index (Phi) is 6.12. The third kappa shape index (κ3) is 4.30. The van der Waals surface area contributed by atoms with Crippen LogP contribution in [0.25, 0.3) is 0 Å². The topological polar surface area (TPSA) is 58.5 Å². The summed E-state index contributed by atoms with van der Waals surface area (Å²) in [5.74, 6) is 0.252. The zero-order valence-electron chi connectivity index (χ0n) is 12.6. The molecular weight excluding hydrogens is 332 g/mol. The van der Waals surface area contributed by atoms with Crippen molar-refractivity contribution in [3.63, 3.8) is 0 Å². The number of halogens is 1. The number of hydrogen-bond acceptors (Lipinski definition) is 5. The maximum Gasteiger partial charge on any atom is 0.253 e. The molecule has 1 aliphatic rings. The number of nitrogens with zero attached hydrogens (tertiary/aromatic N) is 4. The Bertz CT molecular complexity index is 695. The molecule has 0 fully saturated rings. The van der Waals surface area contributed by atoms with Crippen molar-refractivity contribution >= 4 is 36.3 Å². The van der Waals surface area contributed by atoms with Crippen LogP contribution in [0.1, 0.15) is 23.7 Å². The Balaban J connectivity index is 0.00000192. The summed E-state index contributed by atoms with van der Waals surface area (Å²) in [5, 5.41) is 6.41. The van der Waals surface area contributed by atoms with Crippen molar-refractivity contribution in [2.45, 2.75) is 24.5 Å². The normalized spacial score (nSPS) is 16.2. The van der Waals surface area contributed by atoms with Gasteiger partial charge in [-0.05, 0) is 18.6 Å². The van der Waals surface area contributed by atoms with Crippen LogP contribution < -0.4 is 0 Å². The smallest absolute Gasteiger partial charge is 0.253 e. The standard InChI is InChI=1S/C16H16N4OS.ClH/c1-12-7-9-17-16(19-12)22-11-15(21)20-14(8-10-18-20)13-5-3-2-4-6-13;/h2-7,9-10,14H,8,11H2,1H3;1H. The van der Waals surface area contributed by atoms with E-state index < -0.39 is 0 Å². The first-order valence-corrected chi connectivity index (χ1v) is 8.04. The molecule has 0 spiro atoms. The van der Waals surface area contributed by atoms with Gasteiger partial charge in [0.2, 0.25) is 0 Å². The van der Waals surface area contributed by atoms with Gasteiger partial charge in [0, 0.05) is 24.5 Å². The second kappa shape index (κ2) is 8.08. The van der Waals surface area contributed by atoms with Crippen LogP contribution in [0.4, 0.5) is 0 Å². The Hall–Kier alpha value is -1.92. The second-order valence-electron chi connectivity index (χ2n) is 4.97. The van der Waals surface area contributed by atoms with Gasteiger partial charge < -0.3 is 0 Å². The molecule has 0 bridgehead atoms. The number of amides is 1. The lowest BCUT2D eigenvalue weighted by molar-refractivity contribution is -0.130. The number of aryl methyl sites for hydroxylation is 1. The second-order valence-corrected chi connectivity index (χ2v) is 5.91. The number of aromatic nitrogens is 2. The van der Waals surface area contributed by atoms with Gasteiger partial charge in [-0.25, -0.2) is 15.0 Å². The van der Waals surface area contributed by atoms with Crippen molar-refractivity contribution < 1.29 is 4.79 Å². The lowest BCUT2D eigenvalue weighted by atomic mass is 10.0. The molecule has 1 aromatic heterocycles. The van der Waals surface area contributed by atoms with E-state index in [1.165, 1.54) is 11.8 Å². The molecule has 0 saturated carbocycles. The maximum atomic E-state index is 12.4. The van der Waals surface area contributed by atoms with E-state index in [1.807, 2.05) is 43.3 Å². The van der Waals surface area contributed by atoms with E-state index >= 15 is 0 Å². The van der Waals surface area contributed by atoms with E-state index in [9.17, 15) is 4.79 Å². The molecule has 1 atom stereocenters. The predicted octanol–water partition coefficient (Wildman–Crippen LogP) is 3.26. The summed E-state index contributed by atoms with van der Waals surface area (Å²) in [6.07, 6.45) is 4.25. The lowest BCUT2D eigenvalue weighted by Gasteiger charge is -2.21. The summed E-state index contributed by atoms with van der Waals surface area (Å²) in [7, 11) is 0. The number of hydrogen-bond donors (Lipinski definition) is 0. The first-order chi connectivity index (χ1) is 10.7. The van der Waals surface area contributed by atoms with E-state index in [-0.39, 0.29) is 30.1 Å². The van der Waals surface area contributed by atoms with Crippen LogP contribution in [0, 0.1) is 6.92 Å². The van der Waals surface area contributed by atoms with Crippen LogP contribution in [0.2, 0.25) is 0 Å². The molecule has 1 unspecified atom stereocenters. The van der Waals surface area contributed by atoms with E-state index in [1.54, 1.807) is 17.4 Å². The fraction of sp³-hybridized carbons (Fsp3) is 0.250. The summed E-state index contributed by atoms with van der Waals surface area (Å²) in [5.41, 5.74) is 2.00. The molecule has 3 rings (SSSR count). The van der Waals surface area contributed by atoms with Crippen molar-refractivity contribution in [1.82, 2.24) is 15.0 Å². The minimum Gasteiger partial charge on any atom is -0.272 e. The third-order valence-corrected chi connectivity index (χ3v) is 4.21. The molecule has 1 aromatic carbocycles. The summed E-state index contributed by atoms with van der Waals surface area (Å²) in [6.45, 7) is 1.91. The van der Waals surface area contributed by atoms with E-state index in [0.29, 0.717) is 5.16 Å². The summed E-state index contributed by atoms with van der Waals surface area (Å²) in [6, 6.07) is 11.8. The van der Waals surface area contributed by atoms with Crippen LogP contribution in [0.3, 0.4) is 0 Å². The van der Waals surface area contributed by atoms with Gasteiger partial charge in [-0.1, -0.05) is 42.1 Å². The number of carbonyl (C=O) groups excluding carboxylic acids is 1. The first-order valence-electron chi connectivity index (χ1n) is 7.06. The molecule has 1 aliphatic heterocycles. The molecule has 23 heavy (non-hydrogen) atoms.